The third-order valence-electron chi connectivity index (χ3n) is 3.64. The number of rotatable bonds is 2. The van der Waals surface area contributed by atoms with Crippen molar-refractivity contribution in [2.24, 2.45) is 0 Å². The van der Waals surface area contributed by atoms with Crippen molar-refractivity contribution in [1.29, 1.82) is 0 Å². The van der Waals surface area contributed by atoms with Gasteiger partial charge in [-0.05, 0) is 55.7 Å². The molecule has 0 unspecified atom stereocenters. The quantitative estimate of drug-likeness (QED) is 0.876. The van der Waals surface area contributed by atoms with Crippen LogP contribution in [-0.2, 0) is 11.2 Å². The van der Waals surface area contributed by atoms with Gasteiger partial charge in [0, 0.05) is 15.6 Å². The molecule has 0 fully saturated rings. The van der Waals surface area contributed by atoms with E-state index in [1.165, 1.54) is 16.0 Å². The number of amides is 1. The number of fused-ring (bicyclic) bond motifs is 1. The fourth-order valence-electron chi connectivity index (χ4n) is 2.46. The molecule has 0 saturated carbocycles. The summed E-state index contributed by atoms with van der Waals surface area (Å²) in [4.78, 5) is 13.7. The number of hydrogen-bond donors (Lipinski definition) is 1. The number of anilines is 1. The summed E-state index contributed by atoms with van der Waals surface area (Å²) in [7, 11) is 0. The fraction of sp³-hybridized carbons (Fsp3) is 0.235. The van der Waals surface area contributed by atoms with Gasteiger partial charge in [0.2, 0.25) is 5.91 Å². The van der Waals surface area contributed by atoms with Crippen molar-refractivity contribution in [3.8, 4) is 0 Å². The van der Waals surface area contributed by atoms with Gasteiger partial charge in [-0.25, -0.2) is 0 Å². The van der Waals surface area contributed by atoms with Crippen LogP contribution in [-0.4, -0.2) is 11.2 Å². The van der Waals surface area contributed by atoms with E-state index in [4.69, 9.17) is 11.6 Å². The van der Waals surface area contributed by atoms with E-state index in [1.807, 2.05) is 19.1 Å². The van der Waals surface area contributed by atoms with Crippen molar-refractivity contribution >= 4 is 35.0 Å². The van der Waals surface area contributed by atoms with E-state index >= 15 is 0 Å². The van der Waals surface area contributed by atoms with Crippen LogP contribution in [0.15, 0.2) is 41.3 Å². The Labute approximate surface area is 133 Å². The van der Waals surface area contributed by atoms with Gasteiger partial charge in [-0.15, -0.1) is 11.8 Å². The Kier molecular flexibility index (Phi) is 3.96. The van der Waals surface area contributed by atoms with Crippen molar-refractivity contribution in [3.05, 3.63) is 58.1 Å². The molecule has 2 aromatic rings. The molecule has 3 rings (SSSR count). The fourth-order valence-corrected chi connectivity index (χ4v) is 3.98. The highest BCUT2D eigenvalue weighted by molar-refractivity contribution is 8.01. The molecule has 1 N–H and O–H groups in total. The molecule has 0 radical (unpaired) electrons. The molecular weight excluding hydrogens is 302 g/mol. The normalized spacial score (nSPS) is 16.6. The summed E-state index contributed by atoms with van der Waals surface area (Å²) in [6.07, 6.45) is 0.790. The van der Waals surface area contributed by atoms with Gasteiger partial charge in [0.25, 0.3) is 0 Å². The highest BCUT2D eigenvalue weighted by atomic mass is 35.5. The third kappa shape index (κ3) is 3.09. The van der Waals surface area contributed by atoms with E-state index < -0.39 is 0 Å². The lowest BCUT2D eigenvalue weighted by Gasteiger charge is -2.12. The Morgan fingerprint density at radius 1 is 1.24 bits per heavy atom. The maximum atomic E-state index is 12.4. The molecule has 21 heavy (non-hydrogen) atoms. The summed E-state index contributed by atoms with van der Waals surface area (Å²) < 4.78 is 0. The lowest BCUT2D eigenvalue weighted by molar-refractivity contribution is -0.115. The Balaban J connectivity index is 1.73. The molecule has 0 bridgehead atoms. The molecule has 108 valence electrons. The minimum atomic E-state index is -0.0584. The minimum absolute atomic E-state index is 0.0549. The molecule has 1 heterocycles. The zero-order valence-corrected chi connectivity index (χ0v) is 13.5. The second kappa shape index (κ2) is 5.74. The van der Waals surface area contributed by atoms with Crippen molar-refractivity contribution in [2.75, 3.05) is 5.32 Å². The first-order valence-corrected chi connectivity index (χ1v) is 8.12. The van der Waals surface area contributed by atoms with Gasteiger partial charge in [-0.1, -0.05) is 29.3 Å². The molecule has 0 saturated heterocycles. The first kappa shape index (κ1) is 14.5. The monoisotopic (exact) mass is 317 g/mol. The summed E-state index contributed by atoms with van der Waals surface area (Å²) in [5, 5.41) is 3.64. The minimum Gasteiger partial charge on any atom is -0.325 e. The molecule has 4 heteroatoms. The van der Waals surface area contributed by atoms with Crippen LogP contribution in [0, 0.1) is 13.8 Å². The van der Waals surface area contributed by atoms with Crippen molar-refractivity contribution < 1.29 is 4.79 Å². The maximum absolute atomic E-state index is 12.4. The maximum Gasteiger partial charge on any atom is 0.238 e. The average Bonchev–Trinajstić information content (AvgIpc) is 2.85. The molecule has 1 aliphatic rings. The first-order valence-electron chi connectivity index (χ1n) is 6.86. The van der Waals surface area contributed by atoms with Crippen LogP contribution in [0.1, 0.15) is 16.7 Å². The molecule has 0 aliphatic carbocycles. The molecule has 0 spiro atoms. The second-order valence-electron chi connectivity index (χ2n) is 5.37. The van der Waals surface area contributed by atoms with Gasteiger partial charge >= 0.3 is 0 Å². The van der Waals surface area contributed by atoms with Crippen LogP contribution in [0.3, 0.4) is 0 Å². The predicted molar refractivity (Wildman–Crippen MR) is 89.3 cm³/mol. The first-order chi connectivity index (χ1) is 10.0. The van der Waals surface area contributed by atoms with Gasteiger partial charge in [0.05, 0.1) is 5.25 Å². The van der Waals surface area contributed by atoms with Crippen LogP contribution >= 0.6 is 23.4 Å². The van der Waals surface area contributed by atoms with Gasteiger partial charge in [0.1, 0.15) is 0 Å². The Bertz CT molecular complexity index is 714. The molecule has 1 atom stereocenters. The van der Waals surface area contributed by atoms with E-state index in [1.54, 1.807) is 17.8 Å². The number of benzene rings is 2. The number of hydrogen-bond acceptors (Lipinski definition) is 2. The van der Waals surface area contributed by atoms with Crippen LogP contribution in [0.5, 0.6) is 0 Å². The largest absolute Gasteiger partial charge is 0.325 e. The van der Waals surface area contributed by atoms with Gasteiger partial charge < -0.3 is 5.32 Å². The van der Waals surface area contributed by atoms with Crippen molar-refractivity contribution in [3.63, 3.8) is 0 Å². The number of thioether (sulfide) groups is 1. The number of carbonyl (C=O) groups excluding carboxylic acids is 1. The Morgan fingerprint density at radius 3 is 2.81 bits per heavy atom. The van der Waals surface area contributed by atoms with Crippen LogP contribution in [0.4, 0.5) is 5.69 Å². The van der Waals surface area contributed by atoms with Gasteiger partial charge in [-0.3, -0.25) is 4.79 Å². The summed E-state index contributed by atoms with van der Waals surface area (Å²) >= 11 is 7.59. The SMILES string of the molecule is Cc1ccc2c(c1)S[C@H](C(=O)Nc1ccc(Cl)cc1C)C2. The lowest BCUT2D eigenvalue weighted by atomic mass is 10.1. The number of nitrogens with one attached hydrogen (secondary N) is 1. The summed E-state index contributed by atoms with van der Waals surface area (Å²) in [5.74, 6) is 0.0549. The predicted octanol–water partition coefficient (Wildman–Crippen LogP) is 4.61. The second-order valence-corrected chi connectivity index (χ2v) is 7.05. The Morgan fingerprint density at radius 2 is 2.05 bits per heavy atom. The summed E-state index contributed by atoms with van der Waals surface area (Å²) in [6.45, 7) is 4.02. The highest BCUT2D eigenvalue weighted by Gasteiger charge is 2.28. The number of halogens is 1. The summed E-state index contributed by atoms with van der Waals surface area (Å²) in [5.41, 5.74) is 4.30. The molecule has 1 aliphatic heterocycles. The Hall–Kier alpha value is -1.45. The van der Waals surface area contributed by atoms with Crippen LogP contribution < -0.4 is 5.32 Å². The lowest BCUT2D eigenvalue weighted by Crippen LogP contribution is -2.25. The highest BCUT2D eigenvalue weighted by Crippen LogP contribution is 2.38. The molecular formula is C17H16ClNOS. The van der Waals surface area contributed by atoms with Gasteiger partial charge in [-0.2, -0.15) is 0 Å². The van der Waals surface area contributed by atoms with E-state index in [-0.39, 0.29) is 11.2 Å². The molecule has 2 nitrogen and oxygen atoms in total. The molecule has 2 aromatic carbocycles. The smallest absolute Gasteiger partial charge is 0.238 e. The van der Waals surface area contributed by atoms with Gasteiger partial charge in [0.15, 0.2) is 0 Å². The number of aryl methyl sites for hydroxylation is 2. The number of carbonyl (C=O) groups is 1. The van der Waals surface area contributed by atoms with E-state index in [0.717, 1.165) is 17.7 Å². The molecule has 0 aromatic heterocycles. The average molecular weight is 318 g/mol. The third-order valence-corrected chi connectivity index (χ3v) is 5.17. The summed E-state index contributed by atoms with van der Waals surface area (Å²) in [6, 6.07) is 11.9. The zero-order valence-electron chi connectivity index (χ0n) is 11.9. The zero-order chi connectivity index (χ0) is 15.0. The van der Waals surface area contributed by atoms with Crippen molar-refractivity contribution in [2.45, 2.75) is 30.4 Å². The molecule has 1 amide bonds. The van der Waals surface area contributed by atoms with E-state index in [9.17, 15) is 4.79 Å². The van der Waals surface area contributed by atoms with Crippen LogP contribution in [0.2, 0.25) is 5.02 Å². The van der Waals surface area contributed by atoms with Crippen LogP contribution in [0.25, 0.3) is 0 Å². The van der Waals surface area contributed by atoms with E-state index in [0.29, 0.717) is 5.02 Å². The standard InChI is InChI=1S/C17H16ClNOS/c1-10-3-4-12-9-16(21-15(12)7-10)17(20)19-14-6-5-13(18)8-11(14)2/h3-8,16H,9H2,1-2H3,(H,19,20)/t16-/m0/s1. The van der Waals surface area contributed by atoms with E-state index in [2.05, 4.69) is 30.4 Å². The topological polar surface area (TPSA) is 29.1 Å². The van der Waals surface area contributed by atoms with Crippen molar-refractivity contribution in [1.82, 2.24) is 0 Å².